The second-order valence-electron chi connectivity index (χ2n) is 6.21. The highest BCUT2D eigenvalue weighted by Crippen LogP contribution is 2.15. The summed E-state index contributed by atoms with van der Waals surface area (Å²) in [6, 6.07) is 7.10. The fourth-order valence-electron chi connectivity index (χ4n) is 3.08. The number of ether oxygens (including phenoxy) is 1. The topological polar surface area (TPSA) is 61.9 Å². The van der Waals surface area contributed by atoms with E-state index in [2.05, 4.69) is 5.32 Å². The van der Waals surface area contributed by atoms with Gasteiger partial charge >= 0.3 is 0 Å². The summed E-state index contributed by atoms with van der Waals surface area (Å²) in [5.41, 5.74) is 1.03. The van der Waals surface area contributed by atoms with Crippen LogP contribution in [0.3, 0.4) is 0 Å². The van der Waals surface area contributed by atoms with Crippen LogP contribution in [0.5, 0.6) is 0 Å². The molecule has 2 heterocycles. The van der Waals surface area contributed by atoms with Crippen LogP contribution in [0.15, 0.2) is 24.3 Å². The number of nitrogens with one attached hydrogen (secondary N) is 1. The van der Waals surface area contributed by atoms with E-state index in [1.807, 2.05) is 31.2 Å². The molecule has 2 aliphatic rings. The van der Waals surface area contributed by atoms with Gasteiger partial charge in [0, 0.05) is 31.2 Å². The summed E-state index contributed by atoms with van der Waals surface area (Å²) in [5.74, 6) is -0.0874. The highest BCUT2D eigenvalue weighted by molar-refractivity contribution is 6.30. The molecule has 0 spiro atoms. The molecule has 2 saturated heterocycles. The Labute approximate surface area is 158 Å². The van der Waals surface area contributed by atoms with Gasteiger partial charge in [-0.05, 0) is 24.6 Å². The smallest absolute Gasteiger partial charge is 0.242 e. The van der Waals surface area contributed by atoms with Crippen LogP contribution in [0.2, 0.25) is 5.02 Å². The van der Waals surface area contributed by atoms with Gasteiger partial charge in [0.2, 0.25) is 11.8 Å². The fourth-order valence-corrected chi connectivity index (χ4v) is 3.21. The largest absolute Gasteiger partial charge is 0.375 e. The predicted octanol–water partition coefficient (Wildman–Crippen LogP) is 1.31. The number of morpholine rings is 1. The molecular formula is C17H23Cl2N3O3. The van der Waals surface area contributed by atoms with Crippen LogP contribution in [-0.2, 0) is 20.9 Å². The van der Waals surface area contributed by atoms with Crippen molar-refractivity contribution in [1.29, 1.82) is 0 Å². The van der Waals surface area contributed by atoms with Crippen molar-refractivity contribution in [1.82, 2.24) is 15.1 Å². The summed E-state index contributed by atoms with van der Waals surface area (Å²) >= 11 is 5.88. The third-order valence-corrected chi connectivity index (χ3v) is 4.75. The van der Waals surface area contributed by atoms with Crippen molar-refractivity contribution >= 4 is 35.8 Å². The molecule has 138 valence electrons. The lowest BCUT2D eigenvalue weighted by Crippen LogP contribution is -2.60. The first-order valence-electron chi connectivity index (χ1n) is 8.20. The molecule has 0 aromatic heterocycles. The van der Waals surface area contributed by atoms with Crippen LogP contribution in [-0.4, -0.2) is 66.5 Å². The van der Waals surface area contributed by atoms with Crippen molar-refractivity contribution in [3.8, 4) is 0 Å². The molecule has 8 heteroatoms. The number of piperazine rings is 1. The number of carbonyl (C=O) groups excluding carboxylic acids is 2. The Kier molecular flexibility index (Phi) is 7.07. The number of halogens is 2. The SMILES string of the molecule is C[C@H]1OCCN[C@@H]1C(=O)N1CCN(Cc2ccc(Cl)cc2)C(=O)C1.Cl. The van der Waals surface area contributed by atoms with Crippen LogP contribution in [0.25, 0.3) is 0 Å². The molecule has 0 saturated carbocycles. The van der Waals surface area contributed by atoms with Crippen LogP contribution in [0.1, 0.15) is 12.5 Å². The summed E-state index contributed by atoms with van der Waals surface area (Å²) in [6.07, 6.45) is -0.173. The summed E-state index contributed by atoms with van der Waals surface area (Å²) in [7, 11) is 0. The van der Waals surface area contributed by atoms with Crippen LogP contribution in [0.4, 0.5) is 0 Å². The standard InChI is InChI=1S/C17H22ClN3O3.ClH/c1-12-16(19-6-9-24-12)17(23)21-8-7-20(15(22)11-21)10-13-2-4-14(18)5-3-13;/h2-5,12,16,19H,6-11H2,1H3;1H/t12-,16+;/m1./s1. The van der Waals surface area contributed by atoms with E-state index in [0.717, 1.165) is 5.56 Å². The first-order valence-corrected chi connectivity index (χ1v) is 8.58. The first-order chi connectivity index (χ1) is 11.5. The van der Waals surface area contributed by atoms with E-state index in [1.165, 1.54) is 0 Å². The molecule has 1 N–H and O–H groups in total. The fraction of sp³-hybridized carbons (Fsp3) is 0.529. The Morgan fingerprint density at radius 1 is 1.32 bits per heavy atom. The van der Waals surface area contributed by atoms with Crippen LogP contribution in [0, 0.1) is 0 Å². The van der Waals surface area contributed by atoms with Gasteiger partial charge in [0.05, 0.1) is 19.3 Å². The molecule has 2 aliphatic heterocycles. The number of carbonyl (C=O) groups is 2. The van der Waals surface area contributed by atoms with Crippen molar-refractivity contribution in [2.75, 3.05) is 32.8 Å². The Balaban J connectivity index is 0.00000225. The van der Waals surface area contributed by atoms with Gasteiger partial charge < -0.3 is 19.9 Å². The van der Waals surface area contributed by atoms with Gasteiger partial charge in [-0.15, -0.1) is 12.4 Å². The Hall–Kier alpha value is -1.34. The van der Waals surface area contributed by atoms with Gasteiger partial charge in [0.15, 0.2) is 0 Å². The number of hydrogen-bond acceptors (Lipinski definition) is 4. The molecule has 25 heavy (non-hydrogen) atoms. The van der Waals surface area contributed by atoms with E-state index >= 15 is 0 Å². The molecule has 6 nitrogen and oxygen atoms in total. The molecule has 0 bridgehead atoms. The Bertz CT molecular complexity index is 612. The minimum atomic E-state index is -0.366. The van der Waals surface area contributed by atoms with Crippen molar-refractivity contribution in [2.24, 2.45) is 0 Å². The normalized spacial score (nSPS) is 24.0. The van der Waals surface area contributed by atoms with Gasteiger partial charge in [0.1, 0.15) is 6.04 Å². The third-order valence-electron chi connectivity index (χ3n) is 4.50. The van der Waals surface area contributed by atoms with Crippen LogP contribution >= 0.6 is 24.0 Å². The van der Waals surface area contributed by atoms with Crippen molar-refractivity contribution in [2.45, 2.75) is 25.6 Å². The summed E-state index contributed by atoms with van der Waals surface area (Å²) in [5, 5.41) is 3.86. The zero-order valence-electron chi connectivity index (χ0n) is 14.1. The van der Waals surface area contributed by atoms with Gasteiger partial charge in [-0.25, -0.2) is 0 Å². The molecule has 1 aromatic carbocycles. The summed E-state index contributed by atoms with van der Waals surface area (Å²) < 4.78 is 5.52. The maximum absolute atomic E-state index is 12.6. The van der Waals surface area contributed by atoms with Crippen molar-refractivity contribution in [3.05, 3.63) is 34.9 Å². The van der Waals surface area contributed by atoms with Gasteiger partial charge in [-0.3, -0.25) is 9.59 Å². The molecule has 0 aliphatic carbocycles. The third kappa shape index (κ3) is 4.85. The lowest BCUT2D eigenvalue weighted by Gasteiger charge is -2.38. The number of rotatable bonds is 3. The average molecular weight is 388 g/mol. The van der Waals surface area contributed by atoms with E-state index in [9.17, 15) is 9.59 Å². The molecule has 1 aromatic rings. The minimum absolute atomic E-state index is 0. The molecule has 2 atom stereocenters. The Morgan fingerprint density at radius 3 is 2.68 bits per heavy atom. The molecule has 0 unspecified atom stereocenters. The second-order valence-corrected chi connectivity index (χ2v) is 6.65. The maximum atomic E-state index is 12.6. The molecule has 3 rings (SSSR count). The Morgan fingerprint density at radius 2 is 2.04 bits per heavy atom. The number of benzene rings is 1. The quantitative estimate of drug-likeness (QED) is 0.849. The van der Waals surface area contributed by atoms with E-state index < -0.39 is 0 Å². The molecular weight excluding hydrogens is 365 g/mol. The van der Waals surface area contributed by atoms with Crippen LogP contribution < -0.4 is 5.32 Å². The lowest BCUT2D eigenvalue weighted by atomic mass is 10.1. The lowest BCUT2D eigenvalue weighted by molar-refractivity contribution is -0.150. The summed E-state index contributed by atoms with van der Waals surface area (Å²) in [6.45, 7) is 4.89. The van der Waals surface area contributed by atoms with Gasteiger partial charge in [-0.1, -0.05) is 23.7 Å². The van der Waals surface area contributed by atoms with Crippen molar-refractivity contribution < 1.29 is 14.3 Å². The molecule has 0 radical (unpaired) electrons. The highest BCUT2D eigenvalue weighted by atomic mass is 35.5. The van der Waals surface area contributed by atoms with Gasteiger partial charge in [-0.2, -0.15) is 0 Å². The summed E-state index contributed by atoms with van der Waals surface area (Å²) in [4.78, 5) is 28.4. The monoisotopic (exact) mass is 387 g/mol. The average Bonchev–Trinajstić information content (AvgIpc) is 2.58. The number of nitrogens with zero attached hydrogens (tertiary/aromatic N) is 2. The maximum Gasteiger partial charge on any atom is 0.242 e. The molecule has 2 fully saturated rings. The zero-order valence-corrected chi connectivity index (χ0v) is 15.7. The minimum Gasteiger partial charge on any atom is -0.375 e. The zero-order chi connectivity index (χ0) is 17.1. The van der Waals surface area contributed by atoms with E-state index in [1.54, 1.807) is 9.80 Å². The first kappa shape index (κ1) is 20.0. The van der Waals surface area contributed by atoms with Gasteiger partial charge in [0.25, 0.3) is 0 Å². The second kappa shape index (κ2) is 8.85. The molecule has 2 amide bonds. The van der Waals surface area contributed by atoms with E-state index in [0.29, 0.717) is 37.8 Å². The highest BCUT2D eigenvalue weighted by Gasteiger charge is 2.35. The van der Waals surface area contributed by atoms with E-state index in [4.69, 9.17) is 16.3 Å². The number of amides is 2. The predicted molar refractivity (Wildman–Crippen MR) is 97.9 cm³/mol. The van der Waals surface area contributed by atoms with Crippen molar-refractivity contribution in [3.63, 3.8) is 0 Å². The number of hydrogen-bond donors (Lipinski definition) is 1. The van der Waals surface area contributed by atoms with E-state index in [-0.39, 0.29) is 42.9 Å².